The third kappa shape index (κ3) is 2.85. The lowest BCUT2D eigenvalue weighted by atomic mass is 10.1. The SMILES string of the molecule is CN(C(=O)c1cc(F)cc(F)c1)[C@H]1CCCNC1. The van der Waals surface area contributed by atoms with Crippen molar-refractivity contribution < 1.29 is 13.6 Å². The van der Waals surface area contributed by atoms with Gasteiger partial charge in [0, 0.05) is 31.3 Å². The summed E-state index contributed by atoms with van der Waals surface area (Å²) in [5, 5.41) is 3.20. The molecule has 1 amide bonds. The van der Waals surface area contributed by atoms with Crippen LogP contribution in [0.4, 0.5) is 8.78 Å². The first-order chi connectivity index (χ1) is 8.58. The monoisotopic (exact) mass is 254 g/mol. The molecule has 1 aliphatic rings. The molecule has 0 aromatic heterocycles. The molecule has 0 bridgehead atoms. The number of halogens is 2. The third-order valence-electron chi connectivity index (χ3n) is 3.25. The normalized spacial score (nSPS) is 19.6. The quantitative estimate of drug-likeness (QED) is 0.872. The van der Waals surface area contributed by atoms with Crippen molar-refractivity contribution in [1.29, 1.82) is 0 Å². The minimum absolute atomic E-state index is 0.0561. The van der Waals surface area contributed by atoms with Crippen molar-refractivity contribution in [3.05, 3.63) is 35.4 Å². The summed E-state index contributed by atoms with van der Waals surface area (Å²) in [4.78, 5) is 13.7. The van der Waals surface area contributed by atoms with E-state index in [2.05, 4.69) is 5.32 Å². The second-order valence-electron chi connectivity index (χ2n) is 4.57. The van der Waals surface area contributed by atoms with E-state index in [1.54, 1.807) is 11.9 Å². The Morgan fingerprint density at radius 2 is 2.00 bits per heavy atom. The van der Waals surface area contributed by atoms with Gasteiger partial charge in [-0.3, -0.25) is 4.79 Å². The molecule has 1 aromatic rings. The number of likely N-dealkylation sites (N-methyl/N-ethyl adjacent to an activating group) is 1. The smallest absolute Gasteiger partial charge is 0.254 e. The van der Waals surface area contributed by atoms with Crippen LogP contribution in [0.1, 0.15) is 23.2 Å². The van der Waals surface area contributed by atoms with Crippen molar-refractivity contribution in [2.75, 3.05) is 20.1 Å². The van der Waals surface area contributed by atoms with Crippen molar-refractivity contribution in [3.63, 3.8) is 0 Å². The van der Waals surface area contributed by atoms with E-state index in [-0.39, 0.29) is 17.5 Å². The van der Waals surface area contributed by atoms with Gasteiger partial charge in [-0.05, 0) is 31.5 Å². The van der Waals surface area contributed by atoms with Crippen LogP contribution in [0.3, 0.4) is 0 Å². The molecule has 1 N–H and O–H groups in total. The molecule has 0 saturated carbocycles. The Hall–Kier alpha value is -1.49. The van der Waals surface area contributed by atoms with Crippen molar-refractivity contribution in [1.82, 2.24) is 10.2 Å². The molecule has 2 rings (SSSR count). The summed E-state index contributed by atoms with van der Waals surface area (Å²) < 4.78 is 26.1. The molecule has 1 aromatic carbocycles. The van der Waals surface area contributed by atoms with Gasteiger partial charge in [-0.1, -0.05) is 0 Å². The second kappa shape index (κ2) is 5.44. The minimum atomic E-state index is -0.728. The van der Waals surface area contributed by atoms with Crippen LogP contribution in [0.25, 0.3) is 0 Å². The minimum Gasteiger partial charge on any atom is -0.337 e. The topological polar surface area (TPSA) is 32.3 Å². The number of carbonyl (C=O) groups is 1. The number of rotatable bonds is 2. The van der Waals surface area contributed by atoms with Crippen LogP contribution in [0.2, 0.25) is 0 Å². The number of hydrogen-bond acceptors (Lipinski definition) is 2. The number of benzene rings is 1. The predicted molar refractivity (Wildman–Crippen MR) is 64.3 cm³/mol. The Morgan fingerprint density at radius 1 is 1.33 bits per heavy atom. The fraction of sp³-hybridized carbons (Fsp3) is 0.462. The van der Waals surface area contributed by atoms with Gasteiger partial charge in [0.15, 0.2) is 0 Å². The van der Waals surface area contributed by atoms with Crippen molar-refractivity contribution >= 4 is 5.91 Å². The molecule has 1 saturated heterocycles. The van der Waals surface area contributed by atoms with Crippen LogP contribution in [0.15, 0.2) is 18.2 Å². The van der Waals surface area contributed by atoms with Crippen molar-refractivity contribution in [2.45, 2.75) is 18.9 Å². The maximum absolute atomic E-state index is 13.1. The van der Waals surface area contributed by atoms with E-state index in [0.29, 0.717) is 0 Å². The molecular formula is C13H16F2N2O. The highest BCUT2D eigenvalue weighted by atomic mass is 19.1. The average molecular weight is 254 g/mol. The molecule has 5 heteroatoms. The molecule has 0 radical (unpaired) electrons. The van der Waals surface area contributed by atoms with Crippen LogP contribution in [-0.4, -0.2) is 37.0 Å². The Balaban J connectivity index is 2.14. The molecular weight excluding hydrogens is 238 g/mol. The molecule has 18 heavy (non-hydrogen) atoms. The molecule has 1 fully saturated rings. The van der Waals surface area contributed by atoms with Gasteiger partial charge in [-0.2, -0.15) is 0 Å². The highest BCUT2D eigenvalue weighted by molar-refractivity contribution is 5.94. The highest BCUT2D eigenvalue weighted by Crippen LogP contribution is 2.14. The summed E-state index contributed by atoms with van der Waals surface area (Å²) in [6.45, 7) is 1.67. The first kappa shape index (κ1) is 13.0. The van der Waals surface area contributed by atoms with Gasteiger partial charge in [0.2, 0.25) is 0 Å². The van der Waals surface area contributed by atoms with Gasteiger partial charge < -0.3 is 10.2 Å². The van der Waals surface area contributed by atoms with Gasteiger partial charge in [-0.15, -0.1) is 0 Å². The Kier molecular flexibility index (Phi) is 3.91. The van der Waals surface area contributed by atoms with E-state index in [4.69, 9.17) is 0 Å². The summed E-state index contributed by atoms with van der Waals surface area (Å²) >= 11 is 0. The Morgan fingerprint density at radius 3 is 2.56 bits per heavy atom. The van der Waals surface area contributed by atoms with Crippen LogP contribution >= 0.6 is 0 Å². The van der Waals surface area contributed by atoms with E-state index < -0.39 is 11.6 Å². The van der Waals surface area contributed by atoms with Crippen LogP contribution in [0.5, 0.6) is 0 Å². The molecule has 98 valence electrons. The molecule has 0 unspecified atom stereocenters. The molecule has 3 nitrogen and oxygen atoms in total. The lowest BCUT2D eigenvalue weighted by Crippen LogP contribution is -2.46. The third-order valence-corrected chi connectivity index (χ3v) is 3.25. The standard InChI is InChI=1S/C13H16F2N2O/c1-17(12-3-2-4-16-8-12)13(18)9-5-10(14)7-11(15)6-9/h5-7,12,16H,2-4,8H2,1H3/t12-/m0/s1. The number of hydrogen-bond donors (Lipinski definition) is 1. The maximum atomic E-state index is 13.1. The fourth-order valence-corrected chi connectivity index (χ4v) is 2.21. The van der Waals surface area contributed by atoms with Gasteiger partial charge >= 0.3 is 0 Å². The Bertz CT molecular complexity index is 424. The van der Waals surface area contributed by atoms with Crippen molar-refractivity contribution in [3.8, 4) is 0 Å². The summed E-state index contributed by atoms with van der Waals surface area (Å²) in [6, 6.07) is 2.98. The largest absolute Gasteiger partial charge is 0.337 e. The van der Waals surface area contributed by atoms with Crippen LogP contribution in [-0.2, 0) is 0 Å². The molecule has 0 aliphatic carbocycles. The number of carbonyl (C=O) groups excluding carboxylic acids is 1. The first-order valence-electron chi connectivity index (χ1n) is 6.02. The zero-order valence-electron chi connectivity index (χ0n) is 10.2. The lowest BCUT2D eigenvalue weighted by Gasteiger charge is -2.31. The highest BCUT2D eigenvalue weighted by Gasteiger charge is 2.23. The van der Waals surface area contributed by atoms with E-state index in [1.165, 1.54) is 0 Å². The van der Waals surface area contributed by atoms with Gasteiger partial charge in [0.05, 0.1) is 0 Å². The lowest BCUT2D eigenvalue weighted by molar-refractivity contribution is 0.0707. The van der Waals surface area contributed by atoms with Gasteiger partial charge in [0.25, 0.3) is 5.91 Å². The molecule has 1 atom stereocenters. The average Bonchev–Trinajstić information content (AvgIpc) is 2.37. The summed E-state index contributed by atoms with van der Waals surface area (Å²) in [5.74, 6) is -1.80. The van der Waals surface area contributed by atoms with Crippen LogP contribution in [0, 0.1) is 11.6 Å². The van der Waals surface area contributed by atoms with E-state index in [1.807, 2.05) is 0 Å². The number of piperidine rings is 1. The van der Waals surface area contributed by atoms with Gasteiger partial charge in [0.1, 0.15) is 11.6 Å². The zero-order chi connectivity index (χ0) is 13.1. The zero-order valence-corrected chi connectivity index (χ0v) is 10.2. The maximum Gasteiger partial charge on any atom is 0.254 e. The van der Waals surface area contributed by atoms with E-state index in [9.17, 15) is 13.6 Å². The number of nitrogens with zero attached hydrogens (tertiary/aromatic N) is 1. The molecule has 1 aliphatic heterocycles. The molecule has 0 spiro atoms. The summed E-state index contributed by atoms with van der Waals surface area (Å²) in [5.41, 5.74) is 0.0561. The number of amides is 1. The fourth-order valence-electron chi connectivity index (χ4n) is 2.21. The first-order valence-corrected chi connectivity index (χ1v) is 6.02. The van der Waals surface area contributed by atoms with E-state index >= 15 is 0 Å². The summed E-state index contributed by atoms with van der Waals surface area (Å²) in [7, 11) is 1.67. The second-order valence-corrected chi connectivity index (χ2v) is 4.57. The number of nitrogens with one attached hydrogen (secondary N) is 1. The summed E-state index contributed by atoms with van der Waals surface area (Å²) in [6.07, 6.45) is 1.91. The van der Waals surface area contributed by atoms with Crippen LogP contribution < -0.4 is 5.32 Å². The Labute approximate surface area is 105 Å². The van der Waals surface area contributed by atoms with E-state index in [0.717, 1.165) is 44.1 Å². The predicted octanol–water partition coefficient (Wildman–Crippen LogP) is 1.79. The van der Waals surface area contributed by atoms with Gasteiger partial charge in [-0.25, -0.2) is 8.78 Å². The van der Waals surface area contributed by atoms with Crippen molar-refractivity contribution in [2.24, 2.45) is 0 Å². The molecule has 1 heterocycles.